The molecular weight excluding hydrogens is 232 g/mol. The second-order valence-electron chi connectivity index (χ2n) is 2.63. The van der Waals surface area contributed by atoms with Crippen molar-refractivity contribution in [2.75, 3.05) is 12.4 Å². The molecule has 0 saturated carbocycles. The Morgan fingerprint density at radius 2 is 2.36 bits per heavy atom. The van der Waals surface area contributed by atoms with Crippen LogP contribution in [0.25, 0.3) is 6.08 Å². The maximum absolute atomic E-state index is 5.42. The molecule has 0 fully saturated rings. The van der Waals surface area contributed by atoms with Crippen LogP contribution in [0, 0.1) is 0 Å². The van der Waals surface area contributed by atoms with Crippen LogP contribution < -0.4 is 11.1 Å². The number of hydrogen-bond donors (Lipinski definition) is 2. The van der Waals surface area contributed by atoms with Crippen LogP contribution in [0.15, 0.2) is 17.0 Å². The molecule has 0 aliphatic heterocycles. The minimum Gasteiger partial charge on any atom is -0.384 e. The van der Waals surface area contributed by atoms with Crippen molar-refractivity contribution in [3.8, 4) is 0 Å². The van der Waals surface area contributed by atoms with Crippen LogP contribution in [0.3, 0.4) is 0 Å². The van der Waals surface area contributed by atoms with Crippen molar-refractivity contribution in [1.82, 2.24) is 0 Å². The standard InChI is InChI=1S/C9H12N2S3/c1-6(13-9(10)12)5-7-3-4-8(11-2)14-7/h3-5,11H,1-2H3,(H2,10,12)/b6-5-. The van der Waals surface area contributed by atoms with Gasteiger partial charge in [0.25, 0.3) is 0 Å². The zero-order valence-electron chi connectivity index (χ0n) is 8.03. The van der Waals surface area contributed by atoms with Crippen molar-refractivity contribution < 1.29 is 0 Å². The summed E-state index contributed by atoms with van der Waals surface area (Å²) >= 11 is 7.93. The number of thioether (sulfide) groups is 1. The summed E-state index contributed by atoms with van der Waals surface area (Å²) in [5, 5.41) is 4.25. The fourth-order valence-electron chi connectivity index (χ4n) is 0.953. The van der Waals surface area contributed by atoms with E-state index in [0.717, 1.165) is 9.91 Å². The van der Waals surface area contributed by atoms with Gasteiger partial charge in [0.05, 0.1) is 5.00 Å². The number of hydrogen-bond acceptors (Lipinski definition) is 4. The predicted molar refractivity (Wildman–Crippen MR) is 71.9 cm³/mol. The fraction of sp³-hybridized carbons (Fsp3) is 0.222. The third kappa shape index (κ3) is 3.69. The Bertz CT molecular complexity index is 355. The van der Waals surface area contributed by atoms with Crippen LogP contribution in [-0.2, 0) is 0 Å². The van der Waals surface area contributed by atoms with Crippen molar-refractivity contribution in [3.05, 3.63) is 21.9 Å². The van der Waals surface area contributed by atoms with Crippen LogP contribution in [0.2, 0.25) is 0 Å². The average molecular weight is 244 g/mol. The van der Waals surface area contributed by atoms with Gasteiger partial charge in [0.2, 0.25) is 0 Å². The van der Waals surface area contributed by atoms with Gasteiger partial charge in [-0.15, -0.1) is 11.3 Å². The Morgan fingerprint density at radius 3 is 2.86 bits per heavy atom. The summed E-state index contributed by atoms with van der Waals surface area (Å²) in [6, 6.07) is 4.12. The van der Waals surface area contributed by atoms with E-state index >= 15 is 0 Å². The molecule has 3 N–H and O–H groups in total. The number of thiophene rings is 1. The van der Waals surface area contributed by atoms with Crippen LogP contribution in [-0.4, -0.2) is 11.4 Å². The van der Waals surface area contributed by atoms with Crippen molar-refractivity contribution in [1.29, 1.82) is 0 Å². The number of anilines is 1. The normalized spacial score (nSPS) is 11.4. The third-order valence-electron chi connectivity index (χ3n) is 1.48. The predicted octanol–water partition coefficient (Wildman–Crippen LogP) is 3.13. The number of nitrogens with two attached hydrogens (primary N) is 1. The molecule has 1 rings (SSSR count). The molecule has 0 aliphatic rings. The van der Waals surface area contributed by atoms with Crippen molar-refractivity contribution in [2.24, 2.45) is 5.73 Å². The summed E-state index contributed by atoms with van der Waals surface area (Å²) in [6.07, 6.45) is 2.08. The maximum Gasteiger partial charge on any atom is 0.135 e. The minimum atomic E-state index is 0.462. The second-order valence-corrected chi connectivity index (χ2v) is 5.73. The molecule has 1 heterocycles. The number of nitrogens with one attached hydrogen (secondary N) is 1. The van der Waals surface area contributed by atoms with E-state index in [-0.39, 0.29) is 0 Å². The van der Waals surface area contributed by atoms with Crippen molar-refractivity contribution in [3.63, 3.8) is 0 Å². The highest BCUT2D eigenvalue weighted by atomic mass is 32.2. The van der Waals surface area contributed by atoms with Crippen LogP contribution in [0.4, 0.5) is 5.00 Å². The fourth-order valence-corrected chi connectivity index (χ4v) is 2.79. The maximum atomic E-state index is 5.42. The first-order valence-corrected chi connectivity index (χ1v) is 6.09. The first-order valence-electron chi connectivity index (χ1n) is 4.05. The molecule has 0 radical (unpaired) electrons. The molecule has 0 bridgehead atoms. The zero-order chi connectivity index (χ0) is 10.6. The Hall–Kier alpha value is -0.520. The van der Waals surface area contributed by atoms with Gasteiger partial charge in [-0.05, 0) is 30.0 Å². The lowest BCUT2D eigenvalue weighted by molar-refractivity contribution is 1.60. The largest absolute Gasteiger partial charge is 0.384 e. The minimum absolute atomic E-state index is 0.462. The van der Waals surface area contributed by atoms with E-state index in [1.54, 1.807) is 11.3 Å². The van der Waals surface area contributed by atoms with E-state index in [1.807, 2.05) is 14.0 Å². The quantitative estimate of drug-likeness (QED) is 0.801. The molecule has 1 aromatic rings. The molecule has 1 aromatic heterocycles. The van der Waals surface area contributed by atoms with Gasteiger partial charge in [0, 0.05) is 11.9 Å². The summed E-state index contributed by atoms with van der Waals surface area (Å²) in [4.78, 5) is 2.32. The monoisotopic (exact) mass is 244 g/mol. The number of allylic oxidation sites excluding steroid dienone is 1. The van der Waals surface area contributed by atoms with E-state index in [9.17, 15) is 0 Å². The van der Waals surface area contributed by atoms with Gasteiger partial charge in [-0.3, -0.25) is 0 Å². The highest BCUT2D eigenvalue weighted by Crippen LogP contribution is 2.26. The first kappa shape index (κ1) is 11.6. The van der Waals surface area contributed by atoms with Gasteiger partial charge in [0.1, 0.15) is 4.32 Å². The topological polar surface area (TPSA) is 38.0 Å². The first-order chi connectivity index (χ1) is 6.61. The van der Waals surface area contributed by atoms with Gasteiger partial charge in [-0.2, -0.15) is 0 Å². The molecule has 0 amide bonds. The Kier molecular flexibility index (Phi) is 4.44. The molecule has 5 heteroatoms. The molecule has 0 unspecified atom stereocenters. The molecule has 14 heavy (non-hydrogen) atoms. The van der Waals surface area contributed by atoms with Crippen LogP contribution in [0.5, 0.6) is 0 Å². The van der Waals surface area contributed by atoms with Crippen molar-refractivity contribution in [2.45, 2.75) is 6.92 Å². The summed E-state index contributed by atoms with van der Waals surface area (Å²) in [7, 11) is 1.91. The Morgan fingerprint density at radius 1 is 1.64 bits per heavy atom. The van der Waals surface area contributed by atoms with E-state index in [0.29, 0.717) is 4.32 Å². The van der Waals surface area contributed by atoms with Crippen LogP contribution >= 0.6 is 35.3 Å². The molecule has 0 aromatic carbocycles. The summed E-state index contributed by atoms with van der Waals surface area (Å²) in [5.74, 6) is 0. The summed E-state index contributed by atoms with van der Waals surface area (Å²) in [6.45, 7) is 2.00. The van der Waals surface area contributed by atoms with Gasteiger partial charge >= 0.3 is 0 Å². The van der Waals surface area contributed by atoms with Gasteiger partial charge in [-0.1, -0.05) is 24.0 Å². The molecule has 76 valence electrons. The van der Waals surface area contributed by atoms with Crippen molar-refractivity contribution >= 4 is 50.7 Å². The highest BCUT2D eigenvalue weighted by molar-refractivity contribution is 8.25. The van der Waals surface area contributed by atoms with E-state index in [4.69, 9.17) is 18.0 Å². The van der Waals surface area contributed by atoms with E-state index in [2.05, 4.69) is 23.5 Å². The highest BCUT2D eigenvalue weighted by Gasteiger charge is 1.98. The molecule has 0 atom stereocenters. The number of rotatable bonds is 3. The van der Waals surface area contributed by atoms with Gasteiger partial charge < -0.3 is 11.1 Å². The molecule has 0 saturated heterocycles. The second kappa shape index (κ2) is 5.38. The van der Waals surface area contributed by atoms with E-state index in [1.165, 1.54) is 16.6 Å². The van der Waals surface area contributed by atoms with Crippen LogP contribution in [0.1, 0.15) is 11.8 Å². The Balaban J connectivity index is 2.70. The third-order valence-corrected chi connectivity index (χ3v) is 3.42. The summed E-state index contributed by atoms with van der Waals surface area (Å²) in [5.41, 5.74) is 5.42. The van der Waals surface area contributed by atoms with E-state index < -0.39 is 0 Å². The summed E-state index contributed by atoms with van der Waals surface area (Å²) < 4.78 is 0.462. The molecule has 0 aliphatic carbocycles. The van der Waals surface area contributed by atoms with Gasteiger partial charge in [-0.25, -0.2) is 0 Å². The average Bonchev–Trinajstić information content (AvgIpc) is 2.50. The molecule has 2 nitrogen and oxygen atoms in total. The lowest BCUT2D eigenvalue weighted by Gasteiger charge is -1.96. The van der Waals surface area contributed by atoms with Gasteiger partial charge in [0.15, 0.2) is 0 Å². The lowest BCUT2D eigenvalue weighted by Crippen LogP contribution is -2.00. The number of thiocarbonyl (C=S) groups is 1. The lowest BCUT2D eigenvalue weighted by atomic mass is 10.4. The Labute approximate surface area is 97.6 Å². The zero-order valence-corrected chi connectivity index (χ0v) is 10.5. The molecular formula is C9H12N2S3. The molecule has 0 spiro atoms. The SMILES string of the molecule is CNc1ccc(/C=C(/C)SC(N)=S)s1. The smallest absolute Gasteiger partial charge is 0.135 e.